The Morgan fingerprint density at radius 1 is 0.319 bits per heavy atom. The van der Waals surface area contributed by atoms with E-state index in [1.807, 2.05) is 18.2 Å². The van der Waals surface area contributed by atoms with Gasteiger partial charge in [-0.15, -0.1) is 0 Å². The molecule has 0 aromatic heterocycles. The van der Waals surface area contributed by atoms with E-state index in [0.717, 1.165) is 154 Å². The van der Waals surface area contributed by atoms with Gasteiger partial charge in [-0.2, -0.15) is 0 Å². The lowest BCUT2D eigenvalue weighted by molar-refractivity contribution is -0.161. The highest BCUT2D eigenvalue weighted by Gasteiger charge is 2.30. The molecule has 0 aliphatic carbocycles. The van der Waals surface area contributed by atoms with Crippen LogP contribution >= 0.6 is 15.6 Å². The van der Waals surface area contributed by atoms with E-state index in [1.54, 1.807) is 6.08 Å². The van der Waals surface area contributed by atoms with Gasteiger partial charge in [0.2, 0.25) is 0 Å². The van der Waals surface area contributed by atoms with Crippen molar-refractivity contribution in [3.8, 4) is 0 Å². The third kappa shape index (κ3) is 66.3. The molecule has 0 radical (unpaired) electrons. The average molecular weight is 1360 g/mol. The van der Waals surface area contributed by atoms with E-state index in [9.17, 15) is 43.2 Å². The molecule has 5 atom stereocenters. The summed E-state index contributed by atoms with van der Waals surface area (Å²) in [5, 5.41) is 10.6. The molecule has 0 saturated carbocycles. The first-order valence-electron chi connectivity index (χ1n) is 36.1. The van der Waals surface area contributed by atoms with Crippen LogP contribution < -0.4 is 0 Å². The SMILES string of the molecule is CC/C=C\C/C=C\C/C=C\C/C=C\C/C=C\CC(=O)OCC(COP(=O)(O)OCC(O)COP(=O)(O)OCC(COC(=O)CCCCCCC/C=C\C/C=C\CCC)OC(=O)CCCCCCCCCCCCCCC)OC(=O)CCCCCCC/C=C\C/C=C\CCC. The lowest BCUT2D eigenvalue weighted by Crippen LogP contribution is -2.30. The molecule has 17 nitrogen and oxygen atoms in total. The highest BCUT2D eigenvalue weighted by atomic mass is 31.2. The average Bonchev–Trinajstić information content (AvgIpc) is 1.67. The predicted molar refractivity (Wildman–Crippen MR) is 381 cm³/mol. The van der Waals surface area contributed by atoms with Crippen LogP contribution in [0.4, 0.5) is 0 Å². The Bertz CT molecular complexity index is 2220. The van der Waals surface area contributed by atoms with Crippen LogP contribution in [0.3, 0.4) is 0 Å². The van der Waals surface area contributed by atoms with Crippen LogP contribution in [0.2, 0.25) is 0 Å². The number of unbranched alkanes of at least 4 members (excludes halogenated alkanes) is 24. The smallest absolute Gasteiger partial charge is 0.462 e. The summed E-state index contributed by atoms with van der Waals surface area (Å²) in [5.41, 5.74) is 0. The number of rotatable bonds is 67. The van der Waals surface area contributed by atoms with Crippen molar-refractivity contribution in [3.63, 3.8) is 0 Å². The summed E-state index contributed by atoms with van der Waals surface area (Å²) in [6.07, 6.45) is 69.8. The van der Waals surface area contributed by atoms with E-state index in [1.165, 1.54) is 51.4 Å². The van der Waals surface area contributed by atoms with Crippen LogP contribution in [-0.4, -0.2) is 96.7 Å². The quantitative estimate of drug-likeness (QED) is 0.0169. The molecule has 5 unspecified atom stereocenters. The molecule has 0 fully saturated rings. The van der Waals surface area contributed by atoms with Gasteiger partial charge in [0.15, 0.2) is 12.2 Å². The lowest BCUT2D eigenvalue weighted by Gasteiger charge is -2.21. The second-order valence-electron chi connectivity index (χ2n) is 23.8. The minimum Gasteiger partial charge on any atom is -0.462 e. The van der Waals surface area contributed by atoms with Gasteiger partial charge in [0, 0.05) is 19.3 Å². The van der Waals surface area contributed by atoms with E-state index in [-0.39, 0.29) is 25.7 Å². The van der Waals surface area contributed by atoms with Crippen LogP contribution in [-0.2, 0) is 65.4 Å². The van der Waals surface area contributed by atoms with Gasteiger partial charge in [-0.05, 0) is 103 Å². The van der Waals surface area contributed by atoms with Gasteiger partial charge < -0.3 is 33.8 Å². The zero-order chi connectivity index (χ0) is 69.0. The molecule has 19 heteroatoms. The molecule has 0 aromatic carbocycles. The van der Waals surface area contributed by atoms with E-state index in [2.05, 4.69) is 113 Å². The van der Waals surface area contributed by atoms with Gasteiger partial charge in [0.05, 0.1) is 32.8 Å². The summed E-state index contributed by atoms with van der Waals surface area (Å²) in [5.74, 6) is -2.35. The molecule has 0 heterocycles. The summed E-state index contributed by atoms with van der Waals surface area (Å²) in [7, 11) is -9.97. The van der Waals surface area contributed by atoms with E-state index in [0.29, 0.717) is 25.7 Å². The van der Waals surface area contributed by atoms with E-state index in [4.69, 9.17) is 37.0 Å². The maximum Gasteiger partial charge on any atom is 0.472 e. The molecule has 0 spiro atoms. The van der Waals surface area contributed by atoms with Gasteiger partial charge in [-0.1, -0.05) is 265 Å². The summed E-state index contributed by atoms with van der Waals surface area (Å²) in [6, 6.07) is 0. The standard InChI is InChI=1S/C75H128O17P2/c1-5-9-13-17-21-25-29-33-34-38-40-44-48-52-56-60-73(78)86-66-71(92-75(80)62-58-54-50-46-42-37-32-28-24-20-16-12-8-4)68-90-94(83,84)88-64-69(76)63-87-93(81,82)89-67-70(91-74(79)61-57-53-49-45-41-36-31-27-23-19-15-11-7-3)65-85-72(77)59-55-51-47-43-39-35-30-26-22-18-14-10-6-2/h9,13-14,16,18,20-21,25-26,28,30,32-34,40,44,52,56,69-71,76H,5-8,10-12,15,17,19,22-24,27,29,31,35-39,41-43,45-51,53-55,57-68H2,1-4H3,(H,81,82)(H,83,84)/b13-9-,18-14-,20-16-,25-21-,30-26-,32-28-,34-33-,44-40-,56-52-. The number of phosphoric ester groups is 2. The molecular formula is C75H128O17P2. The minimum atomic E-state index is -4.99. The molecule has 0 bridgehead atoms. The zero-order valence-corrected chi connectivity index (χ0v) is 60.4. The van der Waals surface area contributed by atoms with Gasteiger partial charge in [0.1, 0.15) is 19.3 Å². The van der Waals surface area contributed by atoms with Gasteiger partial charge in [-0.3, -0.25) is 37.3 Å². The van der Waals surface area contributed by atoms with E-state index < -0.39 is 97.5 Å². The number of hydrogen-bond donors (Lipinski definition) is 3. The summed E-state index contributed by atoms with van der Waals surface area (Å²) >= 11 is 0. The molecule has 0 rings (SSSR count). The van der Waals surface area contributed by atoms with Crippen LogP contribution in [0.5, 0.6) is 0 Å². The number of allylic oxidation sites excluding steroid dienone is 17. The van der Waals surface area contributed by atoms with Crippen molar-refractivity contribution < 1.29 is 80.2 Å². The first-order valence-corrected chi connectivity index (χ1v) is 39.1. The maximum atomic E-state index is 13.0. The summed E-state index contributed by atoms with van der Waals surface area (Å²) in [4.78, 5) is 72.6. The molecule has 0 aromatic rings. The van der Waals surface area contributed by atoms with Crippen molar-refractivity contribution >= 4 is 39.5 Å². The van der Waals surface area contributed by atoms with Crippen LogP contribution in [0.15, 0.2) is 109 Å². The number of esters is 4. The molecule has 94 heavy (non-hydrogen) atoms. The monoisotopic (exact) mass is 1360 g/mol. The van der Waals surface area contributed by atoms with Crippen LogP contribution in [0, 0.1) is 0 Å². The molecule has 0 amide bonds. The number of aliphatic hydroxyl groups is 1. The molecule has 3 N–H and O–H groups in total. The highest BCUT2D eigenvalue weighted by molar-refractivity contribution is 7.47. The van der Waals surface area contributed by atoms with Gasteiger partial charge >= 0.3 is 39.5 Å². The molecular weight excluding hydrogens is 1230 g/mol. The first-order chi connectivity index (χ1) is 45.7. The molecule has 540 valence electrons. The lowest BCUT2D eigenvalue weighted by atomic mass is 10.0. The summed E-state index contributed by atoms with van der Waals surface area (Å²) in [6.45, 7) is 4.47. The maximum absolute atomic E-state index is 13.0. The summed E-state index contributed by atoms with van der Waals surface area (Å²) < 4.78 is 68.1. The Morgan fingerprint density at radius 3 is 0.989 bits per heavy atom. The molecule has 0 aliphatic heterocycles. The third-order valence-corrected chi connectivity index (χ3v) is 16.6. The third-order valence-electron chi connectivity index (χ3n) is 14.7. The van der Waals surface area contributed by atoms with Crippen molar-refractivity contribution in [3.05, 3.63) is 109 Å². The Kier molecular flexibility index (Phi) is 64.2. The highest BCUT2D eigenvalue weighted by Crippen LogP contribution is 2.45. The molecule has 0 aliphatic rings. The van der Waals surface area contributed by atoms with Crippen molar-refractivity contribution in [2.75, 3.05) is 39.6 Å². The first kappa shape index (κ1) is 89.7. The second kappa shape index (κ2) is 67.3. The van der Waals surface area contributed by atoms with Crippen molar-refractivity contribution in [1.29, 1.82) is 0 Å². The van der Waals surface area contributed by atoms with Crippen molar-refractivity contribution in [2.24, 2.45) is 0 Å². The van der Waals surface area contributed by atoms with Crippen molar-refractivity contribution in [2.45, 2.75) is 303 Å². The largest absolute Gasteiger partial charge is 0.472 e. The normalized spacial score (nSPS) is 14.7. The van der Waals surface area contributed by atoms with Gasteiger partial charge in [0.25, 0.3) is 0 Å². The Morgan fingerprint density at radius 2 is 0.617 bits per heavy atom. The number of hydrogen-bond acceptors (Lipinski definition) is 15. The zero-order valence-electron chi connectivity index (χ0n) is 58.6. The fraction of sp³-hybridized carbons (Fsp3) is 0.707. The van der Waals surface area contributed by atoms with E-state index >= 15 is 0 Å². The van der Waals surface area contributed by atoms with Crippen LogP contribution in [0.25, 0.3) is 0 Å². The number of carbonyl (C=O) groups is 4. The number of aliphatic hydroxyl groups excluding tert-OH is 1. The topological polar surface area (TPSA) is 237 Å². The predicted octanol–water partition coefficient (Wildman–Crippen LogP) is 20.2. The Labute approximate surface area is 569 Å². The van der Waals surface area contributed by atoms with Crippen molar-refractivity contribution in [1.82, 2.24) is 0 Å². The fourth-order valence-electron chi connectivity index (χ4n) is 9.25. The van der Waals surface area contributed by atoms with Crippen LogP contribution in [0.1, 0.15) is 285 Å². The Balaban J connectivity index is 5.41. The number of carbonyl (C=O) groups excluding carboxylic acids is 4. The second-order valence-corrected chi connectivity index (χ2v) is 26.7. The Hall–Kier alpha value is -4.28. The number of phosphoric acid groups is 2. The van der Waals surface area contributed by atoms with Gasteiger partial charge in [-0.25, -0.2) is 9.13 Å². The fourth-order valence-corrected chi connectivity index (χ4v) is 10.8. The minimum absolute atomic E-state index is 0.0579. The number of ether oxygens (including phenoxy) is 4. The molecule has 0 saturated heterocycles.